The predicted molar refractivity (Wildman–Crippen MR) is 445 cm³/mol. The zero-order valence-corrected chi connectivity index (χ0v) is 68.5. The maximum Gasteiger partial charge on any atom is 0.472 e. The Labute approximate surface area is 650 Å². The van der Waals surface area contributed by atoms with E-state index in [4.69, 9.17) is 32.3 Å². The highest BCUT2D eigenvalue weighted by Gasteiger charge is 2.29. The lowest BCUT2D eigenvalue weighted by atomic mass is 10.0. The molecule has 5 unspecified atom stereocenters. The minimum atomic E-state index is -4.96. The number of aliphatic hydroxyl groups excluding tert-OH is 2. The second-order valence-corrected chi connectivity index (χ2v) is 30.0. The van der Waals surface area contributed by atoms with Gasteiger partial charge in [-0.05, 0) is 141 Å². The minimum Gasteiger partial charge on any atom is -0.463 e. The number of aliphatic hydroxyl groups is 2. The quantitative estimate of drug-likeness (QED) is 0.0146. The number of hydrogen-bond acceptors (Lipinski definition) is 14. The van der Waals surface area contributed by atoms with Gasteiger partial charge >= 0.3 is 33.6 Å². The molecule has 610 valence electrons. The van der Waals surface area contributed by atoms with Crippen molar-refractivity contribution in [3.8, 4) is 0 Å². The normalized spacial score (nSPS) is 14.8. The van der Waals surface area contributed by atoms with Crippen LogP contribution in [0, 0.1) is 0 Å². The molecule has 0 rings (SSSR count). The predicted octanol–water partition coefficient (Wildman–Crippen LogP) is 24.8. The van der Waals surface area contributed by atoms with Gasteiger partial charge in [0, 0.05) is 19.3 Å². The molecule has 5 atom stereocenters. The number of unbranched alkanes of at least 4 members (excludes halogenated alkanes) is 26. The number of carbonyl (C=O) groups excluding carboxylic acids is 3. The smallest absolute Gasteiger partial charge is 0.463 e. The van der Waals surface area contributed by atoms with Crippen LogP contribution in [0.1, 0.15) is 316 Å². The molecule has 0 amide bonds. The molecule has 0 aliphatic heterocycles. The van der Waals surface area contributed by atoms with Crippen LogP contribution < -0.4 is 0 Å². The van der Waals surface area contributed by atoms with E-state index in [0.717, 1.165) is 148 Å². The number of phosphoric acid groups is 2. The molecule has 0 spiro atoms. The van der Waals surface area contributed by atoms with E-state index in [2.05, 4.69) is 179 Å². The third-order valence-corrected chi connectivity index (χ3v) is 18.8. The molecule has 0 heterocycles. The Kier molecular flexibility index (Phi) is 76.6. The maximum absolute atomic E-state index is 13.0. The molecule has 0 aromatic carbocycles. The second-order valence-electron chi connectivity index (χ2n) is 27.1. The van der Waals surface area contributed by atoms with Crippen molar-refractivity contribution in [2.75, 3.05) is 39.6 Å². The summed E-state index contributed by atoms with van der Waals surface area (Å²) in [5.41, 5.74) is 0. The summed E-state index contributed by atoms with van der Waals surface area (Å²) in [6.45, 7) is 2.26. The SMILES string of the molecule is CC/C=C\C/C=C\C/C=C\C/C=C\C/C=C\CCCCCCCCCCCCCCCCCCCCCC(=O)OCC(O)COP(=O)(O)OCC(O)COP(=O)(O)OCC(COC(=O)CCCCCCCC/C=C\C/C=C\C/C=C\C/C=C\CC)OC(=O)CCC/C=C\C/C=C\C/C=C\C/C=C\C/C=C\CC. The molecule has 0 aliphatic rings. The van der Waals surface area contributed by atoms with Crippen LogP contribution in [0.3, 0.4) is 0 Å². The number of rotatable bonds is 77. The van der Waals surface area contributed by atoms with Crippen LogP contribution in [0.2, 0.25) is 0 Å². The third kappa shape index (κ3) is 81.7. The zero-order valence-electron chi connectivity index (χ0n) is 66.7. The standard InChI is InChI=1S/C89H148O16P2/c1-4-7-10-13-16-19-22-25-28-31-33-34-35-36-37-38-39-40-41-42-43-44-45-46-47-48-50-53-54-57-60-63-66-69-72-75-87(92)99-78-84(90)79-101-106(95,96)102-80-85(91)81-103-107(97,98)104-83-86(105-89(94)77-74-71-68-65-62-59-56-51-30-27-24-21-18-15-12-9-6-3)82-100-88(93)76-73-70-67-64-61-58-55-52-49-32-29-26-23-20-17-14-11-8-5-2/h7-12,16-21,25-30,33-34,36-37,49,52,56,59,65,68,84-86,90-91H,4-6,13-15,22-24,31-32,35,38-48,50-51,53-55,57-58,60-64,66-67,69-83H2,1-3H3,(H,95,96)(H,97,98)/b10-7-,11-8-,12-9-,19-16-,20-17-,21-18-,28-25-,29-26-,30-27-,34-33-,37-36-,52-49-,59-56-,68-65-. The van der Waals surface area contributed by atoms with Crippen LogP contribution in [-0.2, 0) is 55.8 Å². The van der Waals surface area contributed by atoms with E-state index in [9.17, 15) is 43.5 Å². The van der Waals surface area contributed by atoms with E-state index in [-0.39, 0.29) is 19.3 Å². The Morgan fingerprint density at radius 1 is 0.262 bits per heavy atom. The van der Waals surface area contributed by atoms with Gasteiger partial charge in [0.2, 0.25) is 0 Å². The molecule has 107 heavy (non-hydrogen) atoms. The molecule has 0 saturated heterocycles. The van der Waals surface area contributed by atoms with Crippen LogP contribution in [0.5, 0.6) is 0 Å². The van der Waals surface area contributed by atoms with Gasteiger partial charge in [0.1, 0.15) is 25.4 Å². The first-order chi connectivity index (χ1) is 52.2. The lowest BCUT2D eigenvalue weighted by Gasteiger charge is -2.21. The lowest BCUT2D eigenvalue weighted by Crippen LogP contribution is -2.30. The zero-order chi connectivity index (χ0) is 78.0. The van der Waals surface area contributed by atoms with Crippen molar-refractivity contribution in [3.63, 3.8) is 0 Å². The molecule has 18 heteroatoms. The van der Waals surface area contributed by atoms with Gasteiger partial charge in [-0.1, -0.05) is 326 Å². The monoisotopic (exact) mass is 1540 g/mol. The van der Waals surface area contributed by atoms with Gasteiger partial charge in [-0.25, -0.2) is 9.13 Å². The van der Waals surface area contributed by atoms with E-state index in [1.54, 1.807) is 0 Å². The van der Waals surface area contributed by atoms with Crippen molar-refractivity contribution in [1.29, 1.82) is 0 Å². The molecule has 0 radical (unpaired) electrons. The highest BCUT2D eigenvalue weighted by molar-refractivity contribution is 7.47. The summed E-state index contributed by atoms with van der Waals surface area (Å²) in [6, 6.07) is 0. The number of hydrogen-bond donors (Lipinski definition) is 4. The minimum absolute atomic E-state index is 0.0179. The largest absolute Gasteiger partial charge is 0.472 e. The van der Waals surface area contributed by atoms with Crippen LogP contribution >= 0.6 is 15.6 Å². The fourth-order valence-corrected chi connectivity index (χ4v) is 12.3. The second kappa shape index (κ2) is 80.4. The first kappa shape index (κ1) is 102. The summed E-state index contributed by atoms with van der Waals surface area (Å²) < 4.78 is 61.1. The topological polar surface area (TPSA) is 231 Å². The summed E-state index contributed by atoms with van der Waals surface area (Å²) >= 11 is 0. The summed E-state index contributed by atoms with van der Waals surface area (Å²) in [5, 5.41) is 20.7. The molecule has 0 aromatic heterocycles. The molecule has 0 saturated carbocycles. The first-order valence-electron chi connectivity index (χ1n) is 41.4. The Hall–Kier alpha value is -5.09. The van der Waals surface area contributed by atoms with E-state index in [1.807, 2.05) is 12.2 Å². The Balaban J connectivity index is 4.47. The molecule has 0 aliphatic carbocycles. The summed E-state index contributed by atoms with van der Waals surface area (Å²) in [4.78, 5) is 58.7. The van der Waals surface area contributed by atoms with Crippen LogP contribution in [-0.4, -0.2) is 95.9 Å². The number of allylic oxidation sites excluding steroid dienone is 28. The van der Waals surface area contributed by atoms with Crippen LogP contribution in [0.15, 0.2) is 170 Å². The third-order valence-electron chi connectivity index (χ3n) is 16.9. The molecule has 16 nitrogen and oxygen atoms in total. The highest BCUT2D eigenvalue weighted by atomic mass is 31.2. The molecular weight excluding hydrogens is 1390 g/mol. The van der Waals surface area contributed by atoms with E-state index >= 15 is 0 Å². The van der Waals surface area contributed by atoms with Crippen molar-refractivity contribution in [2.24, 2.45) is 0 Å². The number of carbonyl (C=O) groups is 3. The number of esters is 3. The van der Waals surface area contributed by atoms with Gasteiger partial charge in [-0.2, -0.15) is 0 Å². The average Bonchev–Trinajstić information content (AvgIpc) is 0.907. The van der Waals surface area contributed by atoms with Crippen molar-refractivity contribution in [1.82, 2.24) is 0 Å². The van der Waals surface area contributed by atoms with Gasteiger partial charge in [0.05, 0.1) is 26.4 Å². The van der Waals surface area contributed by atoms with Crippen molar-refractivity contribution < 1.29 is 75.8 Å². The molecule has 4 N–H and O–H groups in total. The highest BCUT2D eigenvalue weighted by Crippen LogP contribution is 2.45. The average molecular weight is 1540 g/mol. The van der Waals surface area contributed by atoms with E-state index < -0.39 is 91.5 Å². The Morgan fingerprint density at radius 2 is 0.477 bits per heavy atom. The van der Waals surface area contributed by atoms with Gasteiger partial charge in [-0.15, -0.1) is 0 Å². The van der Waals surface area contributed by atoms with Gasteiger partial charge in [-0.3, -0.25) is 32.5 Å². The summed E-state index contributed by atoms with van der Waals surface area (Å²) in [7, 11) is -9.82. The Bertz CT molecular complexity index is 2620. The van der Waals surface area contributed by atoms with Gasteiger partial charge < -0.3 is 34.2 Å². The van der Waals surface area contributed by atoms with Crippen molar-refractivity contribution in [3.05, 3.63) is 170 Å². The molecule has 0 fully saturated rings. The lowest BCUT2D eigenvalue weighted by molar-refractivity contribution is -0.161. The van der Waals surface area contributed by atoms with Crippen molar-refractivity contribution in [2.45, 2.75) is 334 Å². The fourth-order valence-electron chi connectivity index (χ4n) is 10.7. The molecular formula is C89H148O16P2. The Morgan fingerprint density at radius 3 is 0.766 bits per heavy atom. The van der Waals surface area contributed by atoms with E-state index in [0.29, 0.717) is 25.7 Å². The van der Waals surface area contributed by atoms with Crippen molar-refractivity contribution >= 4 is 33.6 Å². The fraction of sp³-hybridized carbons (Fsp3) is 0.652. The van der Waals surface area contributed by atoms with Gasteiger partial charge in [0.25, 0.3) is 0 Å². The summed E-state index contributed by atoms with van der Waals surface area (Å²) in [5.74, 6) is -1.66. The molecule has 0 aromatic rings. The maximum atomic E-state index is 13.0. The number of phosphoric ester groups is 2. The molecule has 0 bridgehead atoms. The summed E-state index contributed by atoms with van der Waals surface area (Å²) in [6.07, 6.45) is 103. The van der Waals surface area contributed by atoms with Crippen LogP contribution in [0.25, 0.3) is 0 Å². The van der Waals surface area contributed by atoms with E-state index in [1.165, 1.54) is 103 Å². The first-order valence-corrected chi connectivity index (χ1v) is 44.4. The van der Waals surface area contributed by atoms with Gasteiger partial charge in [0.15, 0.2) is 6.10 Å². The number of ether oxygens (including phenoxy) is 3. The van der Waals surface area contributed by atoms with Crippen LogP contribution in [0.4, 0.5) is 0 Å².